The van der Waals surface area contributed by atoms with E-state index in [1.54, 1.807) is 0 Å². The van der Waals surface area contributed by atoms with Crippen LogP contribution in [0.1, 0.15) is 12.8 Å². The van der Waals surface area contributed by atoms with Gasteiger partial charge >= 0.3 is 5.97 Å². The van der Waals surface area contributed by atoms with Crippen LogP contribution in [0.2, 0.25) is 0 Å². The second kappa shape index (κ2) is 3.35. The molecule has 0 saturated carbocycles. The summed E-state index contributed by atoms with van der Waals surface area (Å²) in [6.45, 7) is 0.502. The summed E-state index contributed by atoms with van der Waals surface area (Å²) in [6.07, 6.45) is 0.532. The van der Waals surface area contributed by atoms with Gasteiger partial charge in [0.05, 0.1) is 12.0 Å². The van der Waals surface area contributed by atoms with Crippen LogP contribution in [-0.4, -0.2) is 23.8 Å². The summed E-state index contributed by atoms with van der Waals surface area (Å²) in [5.41, 5.74) is 0. The van der Waals surface area contributed by atoms with Crippen molar-refractivity contribution in [3.05, 3.63) is 0 Å². The van der Waals surface area contributed by atoms with E-state index in [2.05, 4.69) is 0 Å². The Morgan fingerprint density at radius 3 is 2.91 bits per heavy atom. The van der Waals surface area contributed by atoms with E-state index >= 15 is 0 Å². The number of aliphatic carboxylic acids is 1. The number of ether oxygens (including phenoxy) is 1. The predicted octanol–water partition coefficient (Wildman–Crippen LogP) is 0.390. The fourth-order valence-electron chi connectivity index (χ4n) is 1.16. The molecule has 1 heterocycles. The van der Waals surface area contributed by atoms with Gasteiger partial charge in [0.1, 0.15) is 0 Å². The molecule has 0 amide bonds. The maximum Gasteiger partial charge on any atom is 0.310 e. The maximum absolute atomic E-state index is 10.5. The summed E-state index contributed by atoms with van der Waals surface area (Å²) < 4.78 is 4.96. The lowest BCUT2D eigenvalue weighted by molar-refractivity contribution is -0.148. The first-order chi connectivity index (χ1) is 5.25. The van der Waals surface area contributed by atoms with Crippen molar-refractivity contribution >= 4 is 5.97 Å². The molecule has 0 aromatic rings. The number of carboxylic acid groups (broad SMARTS) is 1. The van der Waals surface area contributed by atoms with Crippen LogP contribution in [0.5, 0.6) is 0 Å². The van der Waals surface area contributed by atoms with Gasteiger partial charge in [-0.2, -0.15) is 5.26 Å². The molecular weight excluding hydrogens is 146 g/mol. The number of hydrogen-bond acceptors (Lipinski definition) is 3. The van der Waals surface area contributed by atoms with Crippen molar-refractivity contribution < 1.29 is 14.6 Å². The summed E-state index contributed by atoms with van der Waals surface area (Å²) in [7, 11) is 0. The van der Waals surface area contributed by atoms with Crippen LogP contribution < -0.4 is 0 Å². The molecular formula is C7H9NO3. The van der Waals surface area contributed by atoms with Gasteiger partial charge in [0.2, 0.25) is 0 Å². The van der Waals surface area contributed by atoms with E-state index in [0.29, 0.717) is 13.0 Å². The lowest BCUT2D eigenvalue weighted by Crippen LogP contribution is -2.33. The van der Waals surface area contributed by atoms with Crippen LogP contribution in [0.3, 0.4) is 0 Å². The van der Waals surface area contributed by atoms with Crippen molar-refractivity contribution in [2.75, 3.05) is 6.61 Å². The SMILES string of the molecule is N#C[C@@H]1OCCC[C@H]1C(=O)O. The van der Waals surface area contributed by atoms with Crippen molar-refractivity contribution in [1.29, 1.82) is 5.26 Å². The van der Waals surface area contributed by atoms with Gasteiger partial charge in [0.15, 0.2) is 6.10 Å². The molecule has 0 radical (unpaired) electrons. The number of nitrogens with zero attached hydrogens (tertiary/aromatic N) is 1. The Morgan fingerprint density at radius 1 is 1.73 bits per heavy atom. The molecule has 1 saturated heterocycles. The van der Waals surface area contributed by atoms with Crippen molar-refractivity contribution in [2.24, 2.45) is 5.92 Å². The summed E-state index contributed by atoms with van der Waals surface area (Å²) in [6, 6.07) is 1.83. The third kappa shape index (κ3) is 1.69. The lowest BCUT2D eigenvalue weighted by Gasteiger charge is -2.23. The molecule has 0 spiro atoms. The van der Waals surface area contributed by atoms with Crippen LogP contribution in [0.4, 0.5) is 0 Å². The zero-order valence-electron chi connectivity index (χ0n) is 5.99. The Kier molecular flexibility index (Phi) is 2.44. The topological polar surface area (TPSA) is 70.3 Å². The Balaban J connectivity index is 2.60. The largest absolute Gasteiger partial charge is 0.481 e. The zero-order chi connectivity index (χ0) is 8.27. The minimum Gasteiger partial charge on any atom is -0.481 e. The van der Waals surface area contributed by atoms with Gasteiger partial charge in [-0.25, -0.2) is 0 Å². The van der Waals surface area contributed by atoms with Gasteiger partial charge in [0, 0.05) is 6.61 Å². The van der Waals surface area contributed by atoms with E-state index in [0.717, 1.165) is 6.42 Å². The van der Waals surface area contributed by atoms with Crippen molar-refractivity contribution in [3.8, 4) is 6.07 Å². The number of nitriles is 1. The molecule has 1 aliphatic rings. The molecule has 0 unspecified atom stereocenters. The Hall–Kier alpha value is -1.08. The fourth-order valence-corrected chi connectivity index (χ4v) is 1.16. The molecule has 0 aliphatic carbocycles. The molecule has 1 N–H and O–H groups in total. The summed E-state index contributed by atoms with van der Waals surface area (Å²) in [5.74, 6) is -1.56. The van der Waals surface area contributed by atoms with Crippen molar-refractivity contribution in [2.45, 2.75) is 18.9 Å². The molecule has 0 bridgehead atoms. The molecule has 0 aromatic carbocycles. The number of carboxylic acids is 1. The maximum atomic E-state index is 10.5. The van der Waals surface area contributed by atoms with Crippen LogP contribution in [0.15, 0.2) is 0 Å². The molecule has 60 valence electrons. The quantitative estimate of drug-likeness (QED) is 0.594. The van der Waals surface area contributed by atoms with Crippen molar-refractivity contribution in [3.63, 3.8) is 0 Å². The third-order valence-corrected chi connectivity index (χ3v) is 1.77. The standard InChI is InChI=1S/C7H9NO3/c8-4-6-5(7(9)10)2-1-3-11-6/h5-6H,1-3H2,(H,9,10)/t5-,6+/m1/s1. The Labute approximate surface area is 64.4 Å². The predicted molar refractivity (Wildman–Crippen MR) is 35.7 cm³/mol. The molecule has 11 heavy (non-hydrogen) atoms. The van der Waals surface area contributed by atoms with Crippen LogP contribution in [0, 0.1) is 17.2 Å². The average Bonchev–Trinajstić information content (AvgIpc) is 2.04. The second-order valence-corrected chi connectivity index (χ2v) is 2.51. The minimum atomic E-state index is -0.934. The highest BCUT2D eigenvalue weighted by atomic mass is 16.5. The zero-order valence-corrected chi connectivity index (χ0v) is 5.99. The number of rotatable bonds is 1. The van der Waals surface area contributed by atoms with Gasteiger partial charge in [-0.15, -0.1) is 0 Å². The van der Waals surface area contributed by atoms with Crippen LogP contribution >= 0.6 is 0 Å². The molecule has 2 atom stereocenters. The lowest BCUT2D eigenvalue weighted by atomic mass is 9.95. The Bertz CT molecular complexity index is 196. The van der Waals surface area contributed by atoms with E-state index in [4.69, 9.17) is 15.1 Å². The fraction of sp³-hybridized carbons (Fsp3) is 0.714. The van der Waals surface area contributed by atoms with Crippen LogP contribution in [0.25, 0.3) is 0 Å². The smallest absolute Gasteiger partial charge is 0.310 e. The van der Waals surface area contributed by atoms with E-state index in [-0.39, 0.29) is 0 Å². The van der Waals surface area contributed by atoms with Gasteiger partial charge in [-0.05, 0) is 12.8 Å². The highest BCUT2D eigenvalue weighted by Gasteiger charge is 2.31. The van der Waals surface area contributed by atoms with Gasteiger partial charge in [-0.3, -0.25) is 4.79 Å². The van der Waals surface area contributed by atoms with Gasteiger partial charge in [-0.1, -0.05) is 0 Å². The summed E-state index contributed by atoms with van der Waals surface area (Å²) >= 11 is 0. The molecule has 4 nitrogen and oxygen atoms in total. The third-order valence-electron chi connectivity index (χ3n) is 1.77. The molecule has 4 heteroatoms. The van der Waals surface area contributed by atoms with Crippen molar-refractivity contribution in [1.82, 2.24) is 0 Å². The molecule has 0 aromatic heterocycles. The normalized spacial score (nSPS) is 30.8. The van der Waals surface area contributed by atoms with Gasteiger partial charge < -0.3 is 9.84 Å². The highest BCUT2D eigenvalue weighted by molar-refractivity contribution is 5.71. The summed E-state index contributed by atoms with van der Waals surface area (Å²) in [5, 5.41) is 17.1. The molecule has 1 rings (SSSR count). The Morgan fingerprint density at radius 2 is 2.45 bits per heavy atom. The first-order valence-corrected chi connectivity index (χ1v) is 3.49. The minimum absolute atomic E-state index is 0.502. The van der Waals surface area contributed by atoms with E-state index in [1.165, 1.54) is 0 Å². The highest BCUT2D eigenvalue weighted by Crippen LogP contribution is 2.20. The molecule has 1 aliphatic heterocycles. The summed E-state index contributed by atoms with van der Waals surface area (Å²) in [4.78, 5) is 10.5. The second-order valence-electron chi connectivity index (χ2n) is 2.51. The van der Waals surface area contributed by atoms with E-state index < -0.39 is 18.0 Å². The molecule has 1 fully saturated rings. The number of carbonyl (C=O) groups is 1. The first kappa shape index (κ1) is 8.02. The average molecular weight is 155 g/mol. The number of hydrogen-bond donors (Lipinski definition) is 1. The van der Waals surface area contributed by atoms with Crippen LogP contribution in [-0.2, 0) is 9.53 Å². The van der Waals surface area contributed by atoms with E-state index in [9.17, 15) is 4.79 Å². The monoisotopic (exact) mass is 155 g/mol. The van der Waals surface area contributed by atoms with E-state index in [1.807, 2.05) is 6.07 Å². The van der Waals surface area contributed by atoms with Gasteiger partial charge in [0.25, 0.3) is 0 Å². The first-order valence-electron chi connectivity index (χ1n) is 3.49.